The van der Waals surface area contributed by atoms with Gasteiger partial charge in [0.2, 0.25) is 0 Å². The van der Waals surface area contributed by atoms with E-state index >= 15 is 0 Å². The van der Waals surface area contributed by atoms with E-state index in [9.17, 15) is 0 Å². The van der Waals surface area contributed by atoms with E-state index in [1.807, 2.05) is 18.2 Å². The van der Waals surface area contributed by atoms with E-state index in [0.29, 0.717) is 6.10 Å². The van der Waals surface area contributed by atoms with Crippen molar-refractivity contribution in [3.63, 3.8) is 0 Å². The summed E-state index contributed by atoms with van der Waals surface area (Å²) in [6.45, 7) is 0.906. The second-order valence-corrected chi connectivity index (χ2v) is 4.28. The van der Waals surface area contributed by atoms with E-state index in [4.69, 9.17) is 16.3 Å². The monoisotopic (exact) mass is 210 g/mol. The molecule has 0 aromatic heterocycles. The quantitative estimate of drug-likeness (QED) is 0.694. The number of ether oxygens (including phenoxy) is 1. The molecule has 2 atom stereocenters. The van der Waals surface area contributed by atoms with Gasteiger partial charge in [0, 0.05) is 6.61 Å². The highest BCUT2D eigenvalue weighted by atomic mass is 35.5. The highest BCUT2D eigenvalue weighted by molar-refractivity contribution is 6.20. The summed E-state index contributed by atoms with van der Waals surface area (Å²) in [6.07, 6.45) is 3.66. The van der Waals surface area contributed by atoms with Crippen LogP contribution in [0.5, 0.6) is 0 Å². The van der Waals surface area contributed by atoms with Gasteiger partial charge in [-0.3, -0.25) is 0 Å². The Morgan fingerprint density at radius 2 is 2.14 bits per heavy atom. The molecule has 0 saturated carbocycles. The Balaban J connectivity index is 1.92. The molecule has 0 amide bonds. The van der Waals surface area contributed by atoms with Gasteiger partial charge in [0.05, 0.1) is 11.5 Å². The van der Waals surface area contributed by atoms with E-state index in [1.54, 1.807) is 0 Å². The molecular weight excluding hydrogens is 196 g/mol. The van der Waals surface area contributed by atoms with Gasteiger partial charge < -0.3 is 4.74 Å². The van der Waals surface area contributed by atoms with Crippen molar-refractivity contribution in [3.8, 4) is 0 Å². The minimum atomic E-state index is 0.0966. The molecule has 1 aliphatic heterocycles. The summed E-state index contributed by atoms with van der Waals surface area (Å²) in [5.41, 5.74) is 1.20. The number of hydrogen-bond acceptors (Lipinski definition) is 1. The highest BCUT2D eigenvalue weighted by Crippen LogP contribution is 2.29. The number of rotatable bonds is 3. The highest BCUT2D eigenvalue weighted by Gasteiger charge is 2.20. The smallest absolute Gasteiger partial charge is 0.0609 e. The summed E-state index contributed by atoms with van der Waals surface area (Å²) in [6, 6.07) is 10.2. The van der Waals surface area contributed by atoms with Crippen LogP contribution in [0.4, 0.5) is 0 Å². The molecule has 1 aromatic carbocycles. The minimum absolute atomic E-state index is 0.0966. The number of halogens is 1. The number of benzene rings is 1. The molecule has 2 heteroatoms. The maximum absolute atomic E-state index is 6.31. The second-order valence-electron chi connectivity index (χ2n) is 3.75. The maximum atomic E-state index is 6.31. The van der Waals surface area contributed by atoms with Crippen molar-refractivity contribution in [1.29, 1.82) is 0 Å². The van der Waals surface area contributed by atoms with Crippen LogP contribution in [0, 0.1) is 0 Å². The van der Waals surface area contributed by atoms with Crippen molar-refractivity contribution in [3.05, 3.63) is 35.9 Å². The predicted molar refractivity (Wildman–Crippen MR) is 58.6 cm³/mol. The molecule has 1 nitrogen and oxygen atoms in total. The Kier molecular flexibility index (Phi) is 3.44. The van der Waals surface area contributed by atoms with Crippen molar-refractivity contribution in [2.24, 2.45) is 0 Å². The average Bonchev–Trinajstić information content (AvgIpc) is 2.72. The van der Waals surface area contributed by atoms with Crippen LogP contribution in [-0.4, -0.2) is 12.7 Å². The van der Waals surface area contributed by atoms with Gasteiger partial charge in [0.25, 0.3) is 0 Å². The van der Waals surface area contributed by atoms with Crippen molar-refractivity contribution in [2.45, 2.75) is 30.7 Å². The van der Waals surface area contributed by atoms with E-state index < -0.39 is 0 Å². The van der Waals surface area contributed by atoms with Crippen molar-refractivity contribution in [2.75, 3.05) is 6.61 Å². The van der Waals surface area contributed by atoms with Gasteiger partial charge in [-0.2, -0.15) is 0 Å². The standard InChI is InChI=1S/C12H15ClO/c13-12(9-11-7-4-8-14-11)10-5-2-1-3-6-10/h1-3,5-6,11-12H,4,7-9H2. The fourth-order valence-electron chi connectivity index (χ4n) is 1.86. The Morgan fingerprint density at radius 1 is 1.36 bits per heavy atom. The van der Waals surface area contributed by atoms with Crippen molar-refractivity contribution < 1.29 is 4.74 Å². The molecule has 0 N–H and O–H groups in total. The van der Waals surface area contributed by atoms with E-state index in [2.05, 4.69) is 12.1 Å². The van der Waals surface area contributed by atoms with Crippen LogP contribution in [0.1, 0.15) is 30.2 Å². The summed E-state index contributed by atoms with van der Waals surface area (Å²) >= 11 is 6.31. The predicted octanol–water partition coefficient (Wildman–Crippen LogP) is 3.54. The first kappa shape index (κ1) is 10.0. The molecule has 2 unspecified atom stereocenters. The minimum Gasteiger partial charge on any atom is -0.378 e. The zero-order valence-electron chi connectivity index (χ0n) is 8.16. The summed E-state index contributed by atoms with van der Waals surface area (Å²) in [5, 5.41) is 0.0966. The first-order valence-electron chi connectivity index (χ1n) is 5.17. The van der Waals surface area contributed by atoms with Gasteiger partial charge in [-0.1, -0.05) is 30.3 Å². The van der Waals surface area contributed by atoms with Gasteiger partial charge in [0.15, 0.2) is 0 Å². The third-order valence-electron chi connectivity index (χ3n) is 2.66. The van der Waals surface area contributed by atoms with E-state index in [-0.39, 0.29) is 5.38 Å². The van der Waals surface area contributed by atoms with Crippen molar-refractivity contribution >= 4 is 11.6 Å². The summed E-state index contributed by atoms with van der Waals surface area (Å²) in [4.78, 5) is 0. The molecule has 1 fully saturated rings. The molecule has 1 aliphatic rings. The van der Waals surface area contributed by atoms with Crippen LogP contribution in [0.2, 0.25) is 0 Å². The van der Waals surface area contributed by atoms with Gasteiger partial charge in [-0.05, 0) is 24.8 Å². The first-order chi connectivity index (χ1) is 6.86. The van der Waals surface area contributed by atoms with Gasteiger partial charge in [-0.25, -0.2) is 0 Å². The van der Waals surface area contributed by atoms with E-state index in [0.717, 1.165) is 19.4 Å². The maximum Gasteiger partial charge on any atom is 0.0609 e. The molecule has 0 aliphatic carbocycles. The molecule has 0 spiro atoms. The summed E-state index contributed by atoms with van der Waals surface area (Å²) in [7, 11) is 0. The topological polar surface area (TPSA) is 9.23 Å². The lowest BCUT2D eigenvalue weighted by molar-refractivity contribution is 0.103. The van der Waals surface area contributed by atoms with Crippen LogP contribution < -0.4 is 0 Å². The van der Waals surface area contributed by atoms with Gasteiger partial charge in [0.1, 0.15) is 0 Å². The van der Waals surface area contributed by atoms with E-state index in [1.165, 1.54) is 12.0 Å². The molecule has 0 radical (unpaired) electrons. The lowest BCUT2D eigenvalue weighted by Gasteiger charge is -2.14. The summed E-state index contributed by atoms with van der Waals surface area (Å²) < 4.78 is 5.56. The zero-order valence-corrected chi connectivity index (χ0v) is 8.91. The Hall–Kier alpha value is -0.530. The second kappa shape index (κ2) is 4.81. The van der Waals surface area contributed by atoms with Crippen LogP contribution in [-0.2, 0) is 4.74 Å². The first-order valence-corrected chi connectivity index (χ1v) is 5.60. The molecule has 0 bridgehead atoms. The lowest BCUT2D eigenvalue weighted by Crippen LogP contribution is -2.08. The molecular formula is C12H15ClO. The molecule has 14 heavy (non-hydrogen) atoms. The summed E-state index contributed by atoms with van der Waals surface area (Å²) in [5.74, 6) is 0. The Labute approximate surface area is 90.0 Å². The average molecular weight is 211 g/mol. The molecule has 1 heterocycles. The normalized spacial score (nSPS) is 23.6. The lowest BCUT2D eigenvalue weighted by atomic mass is 10.0. The molecule has 2 rings (SSSR count). The van der Waals surface area contributed by atoms with Crippen LogP contribution in [0.15, 0.2) is 30.3 Å². The molecule has 1 aromatic rings. The third kappa shape index (κ3) is 2.49. The van der Waals surface area contributed by atoms with Gasteiger partial charge in [-0.15, -0.1) is 11.6 Å². The molecule has 1 saturated heterocycles. The fourth-order valence-corrected chi connectivity index (χ4v) is 2.20. The largest absolute Gasteiger partial charge is 0.378 e. The van der Waals surface area contributed by atoms with Crippen LogP contribution >= 0.6 is 11.6 Å². The van der Waals surface area contributed by atoms with Crippen LogP contribution in [0.3, 0.4) is 0 Å². The fraction of sp³-hybridized carbons (Fsp3) is 0.500. The van der Waals surface area contributed by atoms with Crippen LogP contribution in [0.25, 0.3) is 0 Å². The SMILES string of the molecule is ClC(CC1CCCO1)c1ccccc1. The zero-order chi connectivity index (χ0) is 9.80. The number of alkyl halides is 1. The van der Waals surface area contributed by atoms with Crippen molar-refractivity contribution in [1.82, 2.24) is 0 Å². The molecule has 76 valence electrons. The Morgan fingerprint density at radius 3 is 2.79 bits per heavy atom. The number of hydrogen-bond donors (Lipinski definition) is 0. The third-order valence-corrected chi connectivity index (χ3v) is 3.09. The Bertz CT molecular complexity index is 267. The van der Waals surface area contributed by atoms with Gasteiger partial charge >= 0.3 is 0 Å².